The quantitative estimate of drug-likeness (QED) is 0.336. The van der Waals surface area contributed by atoms with E-state index in [1.54, 1.807) is 36.4 Å². The maximum atomic E-state index is 11.8. The van der Waals surface area contributed by atoms with Gasteiger partial charge in [-0.15, -0.1) is 10.2 Å². The van der Waals surface area contributed by atoms with Gasteiger partial charge in [0, 0.05) is 11.8 Å². The zero-order chi connectivity index (χ0) is 22.6. The molecule has 0 unspecified atom stereocenters. The van der Waals surface area contributed by atoms with Crippen molar-refractivity contribution in [1.82, 2.24) is 10.2 Å². The number of nitrogens with two attached hydrogens (primary N) is 1. The Balaban J connectivity index is 2.09. The average Bonchev–Trinajstić information content (AvgIpc) is 3.24. The third-order valence-electron chi connectivity index (χ3n) is 3.96. The molecule has 9 nitrogen and oxygen atoms in total. The Labute approximate surface area is 183 Å². The van der Waals surface area contributed by atoms with E-state index in [-0.39, 0.29) is 28.1 Å². The molecular weight excluding hydrogens is 444 g/mol. The Hall–Kier alpha value is -3.50. The van der Waals surface area contributed by atoms with E-state index in [9.17, 15) is 13.2 Å². The highest BCUT2D eigenvalue weighted by molar-refractivity contribution is 7.90. The molecule has 160 valence electrons. The largest absolute Gasteiger partial charge is 0.464 e. The van der Waals surface area contributed by atoms with Crippen molar-refractivity contribution < 1.29 is 22.4 Å². The lowest BCUT2D eigenvalue weighted by atomic mass is 10.2. The van der Waals surface area contributed by atoms with Gasteiger partial charge in [-0.25, -0.2) is 18.2 Å². The third kappa shape index (κ3) is 5.36. The van der Waals surface area contributed by atoms with Crippen LogP contribution in [-0.4, -0.2) is 43.7 Å². The van der Waals surface area contributed by atoms with Crippen LogP contribution in [0.1, 0.15) is 5.89 Å². The number of sulfone groups is 1. The molecule has 0 saturated carbocycles. The second-order valence-corrected chi connectivity index (χ2v) is 8.68. The average molecular weight is 461 g/mol. The first kappa shape index (κ1) is 22.2. The second-order valence-electron chi connectivity index (χ2n) is 6.25. The fourth-order valence-corrected chi connectivity index (χ4v) is 3.29. The molecule has 0 fully saturated rings. The summed E-state index contributed by atoms with van der Waals surface area (Å²) in [5, 5.41) is 8.26. The summed E-state index contributed by atoms with van der Waals surface area (Å²) in [6, 6.07) is 12.8. The molecule has 11 heteroatoms. The number of ether oxygens (including phenoxy) is 1. The summed E-state index contributed by atoms with van der Waals surface area (Å²) in [6.07, 6.45) is 2.32. The van der Waals surface area contributed by atoms with Gasteiger partial charge in [-0.05, 0) is 36.4 Å². The summed E-state index contributed by atoms with van der Waals surface area (Å²) in [5.41, 5.74) is 6.35. The highest BCUT2D eigenvalue weighted by atomic mass is 35.5. The number of esters is 1. The molecule has 0 atom stereocenters. The Kier molecular flexibility index (Phi) is 6.52. The molecule has 0 radical (unpaired) electrons. The number of methoxy groups -OCH3 is 1. The summed E-state index contributed by atoms with van der Waals surface area (Å²) in [7, 11) is -2.23. The third-order valence-corrected chi connectivity index (χ3v) is 5.39. The number of carbonyl (C=O) groups is 1. The molecule has 1 aromatic heterocycles. The maximum absolute atomic E-state index is 11.8. The minimum Gasteiger partial charge on any atom is -0.464 e. The predicted octanol–water partition coefficient (Wildman–Crippen LogP) is 2.93. The van der Waals surface area contributed by atoms with Gasteiger partial charge < -0.3 is 14.9 Å². The van der Waals surface area contributed by atoms with Crippen LogP contribution in [0, 0.1) is 0 Å². The smallest absolute Gasteiger partial charge is 0.353 e. The van der Waals surface area contributed by atoms with Crippen molar-refractivity contribution in [2.45, 2.75) is 4.90 Å². The van der Waals surface area contributed by atoms with Gasteiger partial charge in [0.25, 0.3) is 5.89 Å². The van der Waals surface area contributed by atoms with Crippen LogP contribution in [0.5, 0.6) is 0 Å². The zero-order valence-electron chi connectivity index (χ0n) is 16.4. The Morgan fingerprint density at radius 3 is 2.61 bits per heavy atom. The molecule has 0 aliphatic carbocycles. The van der Waals surface area contributed by atoms with Crippen LogP contribution in [0.3, 0.4) is 0 Å². The molecule has 3 aromatic rings. The van der Waals surface area contributed by atoms with Crippen molar-refractivity contribution >= 4 is 38.8 Å². The Morgan fingerprint density at radius 2 is 1.94 bits per heavy atom. The number of hydrogen-bond acceptors (Lipinski definition) is 9. The number of nitrogens with zero attached hydrogens (tertiary/aromatic N) is 3. The number of hydrogen-bond donors (Lipinski definition) is 1. The predicted molar refractivity (Wildman–Crippen MR) is 115 cm³/mol. The van der Waals surface area contributed by atoms with E-state index in [0.717, 1.165) is 6.26 Å². The van der Waals surface area contributed by atoms with Crippen molar-refractivity contribution in [3.05, 3.63) is 71.2 Å². The molecule has 0 aliphatic rings. The van der Waals surface area contributed by atoms with E-state index in [1.807, 2.05) is 0 Å². The fourth-order valence-electron chi connectivity index (χ4n) is 2.44. The van der Waals surface area contributed by atoms with Gasteiger partial charge in [0.1, 0.15) is 11.4 Å². The summed E-state index contributed by atoms with van der Waals surface area (Å²) in [5.74, 6) is -0.781. The Bertz CT molecular complexity index is 1300. The number of carbonyl (C=O) groups excluding carboxylic acids is 1. The minimum atomic E-state index is -3.42. The standard InChI is InChI=1S/C20H17ClN4O5S/c1-29-20(26)15(22)11-17(23-16-9-4-3-8-14(16)21)19-25-24-18(30-19)12-6-5-7-13(10-12)31(2,27)28/h3-11H,22H2,1-2H3. The number of aromatic nitrogens is 2. The van der Waals surface area contributed by atoms with Crippen molar-refractivity contribution in [2.24, 2.45) is 10.7 Å². The number of allylic oxidation sites excluding steroid dienone is 1. The molecule has 0 bridgehead atoms. The van der Waals surface area contributed by atoms with E-state index in [2.05, 4.69) is 19.9 Å². The van der Waals surface area contributed by atoms with Crippen molar-refractivity contribution in [1.29, 1.82) is 0 Å². The molecule has 3 rings (SSSR count). The topological polar surface area (TPSA) is 138 Å². The number of aliphatic imine (C=N–C) groups is 1. The fraction of sp³-hybridized carbons (Fsp3) is 0.100. The van der Waals surface area contributed by atoms with Gasteiger partial charge in [0.2, 0.25) is 5.89 Å². The Morgan fingerprint density at radius 1 is 1.19 bits per heavy atom. The number of halogens is 1. The molecule has 31 heavy (non-hydrogen) atoms. The van der Waals surface area contributed by atoms with E-state index in [0.29, 0.717) is 16.3 Å². The van der Waals surface area contributed by atoms with Crippen molar-refractivity contribution in [3.63, 3.8) is 0 Å². The SMILES string of the molecule is COC(=O)C(N)=CC(=Nc1ccccc1Cl)c1nnc(-c2cccc(S(C)(=O)=O)c2)o1. The normalized spacial score (nSPS) is 12.6. The molecule has 1 heterocycles. The minimum absolute atomic E-state index is 0.0531. The van der Waals surface area contributed by atoms with Crippen LogP contribution in [0.4, 0.5) is 5.69 Å². The highest BCUT2D eigenvalue weighted by Crippen LogP contribution is 2.26. The monoisotopic (exact) mass is 460 g/mol. The lowest BCUT2D eigenvalue weighted by Crippen LogP contribution is -2.15. The van der Waals surface area contributed by atoms with Crippen LogP contribution in [0.25, 0.3) is 11.5 Å². The van der Waals surface area contributed by atoms with Gasteiger partial charge in [-0.2, -0.15) is 0 Å². The first-order chi connectivity index (χ1) is 14.7. The molecular formula is C20H17ClN4O5S. The molecule has 0 amide bonds. The summed E-state index contributed by atoms with van der Waals surface area (Å²) in [4.78, 5) is 16.2. The lowest BCUT2D eigenvalue weighted by Gasteiger charge is -2.02. The van der Waals surface area contributed by atoms with Crippen LogP contribution < -0.4 is 5.73 Å². The molecule has 0 aliphatic heterocycles. The van der Waals surface area contributed by atoms with Crippen molar-refractivity contribution in [3.8, 4) is 11.5 Å². The number of rotatable bonds is 6. The molecule has 2 aromatic carbocycles. The van der Waals surface area contributed by atoms with E-state index in [1.165, 1.54) is 25.3 Å². The van der Waals surface area contributed by atoms with E-state index in [4.69, 9.17) is 21.8 Å². The molecule has 0 saturated heterocycles. The van der Waals surface area contributed by atoms with E-state index < -0.39 is 15.8 Å². The highest BCUT2D eigenvalue weighted by Gasteiger charge is 2.17. The van der Waals surface area contributed by atoms with Crippen LogP contribution in [0.15, 0.2) is 74.6 Å². The lowest BCUT2D eigenvalue weighted by molar-refractivity contribution is -0.136. The van der Waals surface area contributed by atoms with Crippen LogP contribution in [-0.2, 0) is 19.4 Å². The van der Waals surface area contributed by atoms with Crippen molar-refractivity contribution in [2.75, 3.05) is 13.4 Å². The second kappa shape index (κ2) is 9.11. The summed E-state index contributed by atoms with van der Waals surface area (Å²) >= 11 is 6.17. The number of para-hydroxylation sites is 1. The molecule has 2 N–H and O–H groups in total. The molecule has 0 spiro atoms. The van der Waals surface area contributed by atoms with Gasteiger partial charge >= 0.3 is 5.97 Å². The number of benzene rings is 2. The van der Waals surface area contributed by atoms with E-state index >= 15 is 0 Å². The van der Waals surface area contributed by atoms with Gasteiger partial charge in [0.05, 0.1) is 22.7 Å². The van der Waals surface area contributed by atoms with Crippen LogP contribution in [0.2, 0.25) is 5.02 Å². The summed E-state index contributed by atoms with van der Waals surface area (Å²) < 4.78 is 33.9. The van der Waals surface area contributed by atoms with Crippen LogP contribution >= 0.6 is 11.6 Å². The first-order valence-electron chi connectivity index (χ1n) is 8.72. The maximum Gasteiger partial charge on any atom is 0.353 e. The first-order valence-corrected chi connectivity index (χ1v) is 11.0. The van der Waals surface area contributed by atoms with Gasteiger partial charge in [-0.3, -0.25) is 0 Å². The van der Waals surface area contributed by atoms with Gasteiger partial charge in [0.15, 0.2) is 9.84 Å². The van der Waals surface area contributed by atoms with Gasteiger partial charge in [-0.1, -0.05) is 29.8 Å². The summed E-state index contributed by atoms with van der Waals surface area (Å²) in [6.45, 7) is 0. The zero-order valence-corrected chi connectivity index (χ0v) is 18.0.